The molecule has 7 nitrogen and oxygen atoms in total. The maximum Gasteiger partial charge on any atom is 0.215 e. The summed E-state index contributed by atoms with van der Waals surface area (Å²) >= 11 is 0. The number of nitrogens with two attached hydrogens (primary N) is 1. The van der Waals surface area contributed by atoms with Crippen molar-refractivity contribution in [1.29, 1.82) is 0 Å². The van der Waals surface area contributed by atoms with Gasteiger partial charge in [-0.25, -0.2) is 9.97 Å². The van der Waals surface area contributed by atoms with E-state index in [9.17, 15) is 0 Å². The molecule has 0 bridgehead atoms. The molecule has 104 valence electrons. The molecule has 0 aromatic carbocycles. The summed E-state index contributed by atoms with van der Waals surface area (Å²) in [6.45, 7) is 3.82. The Labute approximate surface area is 115 Å². The van der Waals surface area contributed by atoms with Gasteiger partial charge >= 0.3 is 0 Å². The van der Waals surface area contributed by atoms with E-state index in [1.807, 2.05) is 29.8 Å². The number of fused-ring (bicyclic) bond motifs is 1. The molecule has 0 aliphatic heterocycles. The van der Waals surface area contributed by atoms with Crippen LogP contribution in [0, 0.1) is 0 Å². The molecule has 7 heteroatoms. The van der Waals surface area contributed by atoms with E-state index in [2.05, 4.69) is 19.9 Å². The van der Waals surface area contributed by atoms with Crippen molar-refractivity contribution in [2.75, 3.05) is 13.2 Å². The minimum absolute atomic E-state index is 0.576. The van der Waals surface area contributed by atoms with E-state index in [1.165, 1.54) is 0 Å². The molecule has 0 aliphatic rings. The summed E-state index contributed by atoms with van der Waals surface area (Å²) in [4.78, 5) is 16.3. The molecule has 20 heavy (non-hydrogen) atoms. The first kappa shape index (κ1) is 12.6. The van der Waals surface area contributed by atoms with Crippen molar-refractivity contribution in [1.82, 2.24) is 24.5 Å². The first-order valence-electron chi connectivity index (χ1n) is 6.52. The molecule has 0 fully saturated rings. The Morgan fingerprint density at radius 3 is 3.05 bits per heavy atom. The lowest BCUT2D eigenvalue weighted by molar-refractivity contribution is 0.328. The number of aromatic nitrogens is 5. The van der Waals surface area contributed by atoms with Crippen molar-refractivity contribution in [3.8, 4) is 17.4 Å². The Morgan fingerprint density at radius 1 is 1.35 bits per heavy atom. The van der Waals surface area contributed by atoms with Crippen molar-refractivity contribution in [2.24, 2.45) is 5.73 Å². The maximum absolute atomic E-state index is 5.52. The molecular formula is C13H16N6O. The highest BCUT2D eigenvalue weighted by Crippen LogP contribution is 2.19. The van der Waals surface area contributed by atoms with Gasteiger partial charge in [-0.2, -0.15) is 4.98 Å². The molecule has 0 radical (unpaired) electrons. The van der Waals surface area contributed by atoms with Crippen LogP contribution in [0.5, 0.6) is 5.88 Å². The van der Waals surface area contributed by atoms with Crippen molar-refractivity contribution >= 4 is 11.2 Å². The van der Waals surface area contributed by atoms with Crippen LogP contribution in [0.15, 0.2) is 24.7 Å². The maximum atomic E-state index is 5.52. The van der Waals surface area contributed by atoms with Crippen LogP contribution in [-0.2, 0) is 6.54 Å². The average Bonchev–Trinajstić information content (AvgIpc) is 3.05. The predicted molar refractivity (Wildman–Crippen MR) is 75.3 cm³/mol. The van der Waals surface area contributed by atoms with E-state index in [1.54, 1.807) is 6.33 Å². The van der Waals surface area contributed by atoms with Gasteiger partial charge in [0.15, 0.2) is 11.5 Å². The fourth-order valence-electron chi connectivity index (χ4n) is 1.98. The van der Waals surface area contributed by atoms with E-state index < -0.39 is 0 Å². The number of imidazole rings is 2. The van der Waals surface area contributed by atoms with Crippen molar-refractivity contribution in [3.63, 3.8) is 0 Å². The lowest BCUT2D eigenvalue weighted by Crippen LogP contribution is -2.07. The van der Waals surface area contributed by atoms with Gasteiger partial charge in [0.25, 0.3) is 0 Å². The lowest BCUT2D eigenvalue weighted by atomic mass is 10.4. The molecule has 0 amide bonds. The summed E-state index contributed by atoms with van der Waals surface area (Å²) in [5.74, 6) is 1.27. The highest BCUT2D eigenvalue weighted by atomic mass is 16.5. The van der Waals surface area contributed by atoms with Crippen LogP contribution in [0.25, 0.3) is 22.7 Å². The number of hydrogen-bond acceptors (Lipinski definition) is 5. The quantitative estimate of drug-likeness (QED) is 0.727. The summed E-state index contributed by atoms with van der Waals surface area (Å²) in [6.07, 6.45) is 3.66. The van der Waals surface area contributed by atoms with Gasteiger partial charge in [-0.1, -0.05) is 0 Å². The molecule has 0 saturated carbocycles. The second kappa shape index (κ2) is 5.30. The highest BCUT2D eigenvalue weighted by molar-refractivity contribution is 5.75. The smallest absolute Gasteiger partial charge is 0.215 e. The summed E-state index contributed by atoms with van der Waals surface area (Å²) in [5, 5.41) is 0. The molecule has 0 unspecified atom stereocenters. The Balaban J connectivity index is 1.94. The van der Waals surface area contributed by atoms with Crippen molar-refractivity contribution < 1.29 is 4.74 Å². The number of pyridine rings is 1. The van der Waals surface area contributed by atoms with Gasteiger partial charge in [0, 0.05) is 25.4 Å². The predicted octanol–water partition coefficient (Wildman–Crippen LogP) is 1.18. The third-order valence-corrected chi connectivity index (χ3v) is 2.88. The normalized spacial score (nSPS) is 11.1. The number of nitrogens with one attached hydrogen (secondary N) is 1. The number of nitrogens with zero attached hydrogens (tertiary/aromatic N) is 4. The first-order valence-corrected chi connectivity index (χ1v) is 6.52. The number of rotatable bonds is 5. The highest BCUT2D eigenvalue weighted by Gasteiger charge is 2.09. The average molecular weight is 272 g/mol. The fourth-order valence-corrected chi connectivity index (χ4v) is 1.98. The van der Waals surface area contributed by atoms with E-state index in [4.69, 9.17) is 10.5 Å². The number of ether oxygens (including phenoxy) is 1. The van der Waals surface area contributed by atoms with Gasteiger partial charge in [-0.05, 0) is 13.0 Å². The Kier molecular flexibility index (Phi) is 3.34. The monoisotopic (exact) mass is 272 g/mol. The van der Waals surface area contributed by atoms with Gasteiger partial charge in [0.05, 0.1) is 18.5 Å². The zero-order chi connectivity index (χ0) is 13.9. The van der Waals surface area contributed by atoms with Crippen LogP contribution in [0.4, 0.5) is 0 Å². The zero-order valence-corrected chi connectivity index (χ0v) is 11.2. The first-order chi connectivity index (χ1) is 9.80. The van der Waals surface area contributed by atoms with Crippen LogP contribution in [-0.4, -0.2) is 37.7 Å². The number of H-pyrrole nitrogens is 1. The Morgan fingerprint density at radius 2 is 2.25 bits per heavy atom. The summed E-state index contributed by atoms with van der Waals surface area (Å²) < 4.78 is 7.30. The van der Waals surface area contributed by atoms with Crippen LogP contribution in [0.2, 0.25) is 0 Å². The summed E-state index contributed by atoms with van der Waals surface area (Å²) in [7, 11) is 0. The Bertz CT molecular complexity index is 717. The van der Waals surface area contributed by atoms with Crippen LogP contribution in [0.3, 0.4) is 0 Å². The molecule has 0 spiro atoms. The minimum atomic E-state index is 0.576. The second-order valence-electron chi connectivity index (χ2n) is 4.32. The van der Waals surface area contributed by atoms with Crippen molar-refractivity contribution in [3.05, 3.63) is 24.7 Å². The molecule has 3 rings (SSSR count). The SMILES string of the molecule is CCOc1ccc2[nH]c(-c3cn(CCN)cn3)nc2n1. The standard InChI is InChI=1S/C13H16N6O/c1-2-20-11-4-3-9-12(17-11)18-13(16-9)10-7-19(6-5-14)8-15-10/h3-4,7-8H,2,5-6,14H2,1H3,(H,16,17,18). The van der Waals surface area contributed by atoms with E-state index in [0.29, 0.717) is 30.5 Å². The van der Waals surface area contributed by atoms with E-state index in [-0.39, 0.29) is 0 Å². The zero-order valence-electron chi connectivity index (χ0n) is 11.2. The van der Waals surface area contributed by atoms with Gasteiger partial charge < -0.3 is 20.0 Å². The third kappa shape index (κ3) is 2.35. The number of aromatic amines is 1. The molecule has 3 N–H and O–H groups in total. The topological polar surface area (TPSA) is 94.6 Å². The largest absolute Gasteiger partial charge is 0.478 e. The Hall–Kier alpha value is -2.41. The van der Waals surface area contributed by atoms with Crippen molar-refractivity contribution in [2.45, 2.75) is 13.5 Å². The second-order valence-corrected chi connectivity index (χ2v) is 4.32. The third-order valence-electron chi connectivity index (χ3n) is 2.88. The molecular weight excluding hydrogens is 256 g/mol. The van der Waals surface area contributed by atoms with Crippen LogP contribution >= 0.6 is 0 Å². The summed E-state index contributed by atoms with van der Waals surface area (Å²) in [5.41, 5.74) is 7.77. The van der Waals surface area contributed by atoms with Gasteiger partial charge in [0.1, 0.15) is 5.69 Å². The van der Waals surface area contributed by atoms with Gasteiger partial charge in [-0.3, -0.25) is 0 Å². The van der Waals surface area contributed by atoms with Crippen LogP contribution < -0.4 is 10.5 Å². The number of hydrogen-bond donors (Lipinski definition) is 2. The van der Waals surface area contributed by atoms with E-state index >= 15 is 0 Å². The molecule has 3 aromatic heterocycles. The van der Waals surface area contributed by atoms with Crippen LogP contribution in [0.1, 0.15) is 6.92 Å². The molecule has 3 aromatic rings. The lowest BCUT2D eigenvalue weighted by Gasteiger charge is -1.99. The van der Waals surface area contributed by atoms with Gasteiger partial charge in [-0.15, -0.1) is 0 Å². The molecule has 0 atom stereocenters. The van der Waals surface area contributed by atoms with Gasteiger partial charge in [0.2, 0.25) is 5.88 Å². The molecule has 0 saturated heterocycles. The molecule has 3 heterocycles. The van der Waals surface area contributed by atoms with E-state index in [0.717, 1.165) is 17.8 Å². The minimum Gasteiger partial charge on any atom is -0.478 e. The molecule has 0 aliphatic carbocycles. The fraction of sp³-hybridized carbons (Fsp3) is 0.308. The summed E-state index contributed by atoms with van der Waals surface area (Å²) in [6, 6.07) is 3.72.